The van der Waals surface area contributed by atoms with Crippen molar-refractivity contribution in [3.8, 4) is 5.75 Å². The summed E-state index contributed by atoms with van der Waals surface area (Å²) in [5.41, 5.74) is 1.26. The first kappa shape index (κ1) is 20.4. The molecule has 0 radical (unpaired) electrons. The predicted octanol–water partition coefficient (Wildman–Crippen LogP) is 3.80. The SMILES string of the molecule is CCOc1ccc2c(C(=O)N3CCN(Cc4ccccc4Cl)CC3)cc(=O)oc2c1. The van der Waals surface area contributed by atoms with Gasteiger partial charge in [0.15, 0.2) is 0 Å². The molecule has 7 heteroatoms. The van der Waals surface area contributed by atoms with Gasteiger partial charge in [-0.3, -0.25) is 9.69 Å². The van der Waals surface area contributed by atoms with Gasteiger partial charge in [0.05, 0.1) is 12.2 Å². The quantitative estimate of drug-likeness (QED) is 0.580. The number of carbonyl (C=O) groups excluding carboxylic acids is 1. The largest absolute Gasteiger partial charge is 0.494 e. The van der Waals surface area contributed by atoms with Gasteiger partial charge in [-0.25, -0.2) is 4.79 Å². The van der Waals surface area contributed by atoms with E-state index in [1.165, 1.54) is 6.07 Å². The number of benzene rings is 2. The van der Waals surface area contributed by atoms with Crippen LogP contribution in [0.5, 0.6) is 5.75 Å². The van der Waals surface area contributed by atoms with Crippen LogP contribution in [0.1, 0.15) is 22.8 Å². The lowest BCUT2D eigenvalue weighted by molar-refractivity contribution is 0.0629. The Hall–Kier alpha value is -2.83. The second-order valence-corrected chi connectivity index (χ2v) is 7.64. The zero-order valence-corrected chi connectivity index (χ0v) is 17.5. The lowest BCUT2D eigenvalue weighted by Gasteiger charge is -2.35. The number of fused-ring (bicyclic) bond motifs is 1. The van der Waals surface area contributed by atoms with Gasteiger partial charge in [-0.1, -0.05) is 29.8 Å². The fourth-order valence-electron chi connectivity index (χ4n) is 3.72. The Bertz CT molecular complexity index is 1120. The average molecular weight is 427 g/mol. The van der Waals surface area contributed by atoms with Crippen molar-refractivity contribution in [2.45, 2.75) is 13.5 Å². The number of carbonyl (C=O) groups is 1. The second-order valence-electron chi connectivity index (χ2n) is 7.23. The number of nitrogens with zero attached hydrogens (tertiary/aromatic N) is 2. The maximum Gasteiger partial charge on any atom is 0.337 e. The fourth-order valence-corrected chi connectivity index (χ4v) is 3.92. The van der Waals surface area contributed by atoms with Gasteiger partial charge in [0, 0.05) is 55.3 Å². The van der Waals surface area contributed by atoms with Crippen molar-refractivity contribution in [1.82, 2.24) is 9.80 Å². The molecule has 0 saturated carbocycles. The Kier molecular flexibility index (Phi) is 6.06. The third-order valence-electron chi connectivity index (χ3n) is 5.27. The molecule has 0 atom stereocenters. The van der Waals surface area contributed by atoms with Crippen LogP contribution in [0.4, 0.5) is 0 Å². The van der Waals surface area contributed by atoms with Crippen LogP contribution in [-0.2, 0) is 6.54 Å². The number of hydrogen-bond donors (Lipinski definition) is 0. The molecular weight excluding hydrogens is 404 g/mol. The zero-order valence-electron chi connectivity index (χ0n) is 16.8. The summed E-state index contributed by atoms with van der Waals surface area (Å²) in [5, 5.41) is 1.37. The van der Waals surface area contributed by atoms with E-state index in [1.807, 2.05) is 31.2 Å². The molecule has 1 aliphatic rings. The Labute approximate surface area is 179 Å². The van der Waals surface area contributed by atoms with Crippen molar-refractivity contribution in [3.63, 3.8) is 0 Å². The summed E-state index contributed by atoms with van der Waals surface area (Å²) in [6.45, 7) is 5.79. The molecule has 0 N–H and O–H groups in total. The molecular formula is C23H23ClN2O4. The van der Waals surface area contributed by atoms with E-state index in [-0.39, 0.29) is 5.91 Å². The average Bonchev–Trinajstić information content (AvgIpc) is 2.75. The molecule has 30 heavy (non-hydrogen) atoms. The second kappa shape index (κ2) is 8.90. The highest BCUT2D eigenvalue weighted by Gasteiger charge is 2.24. The van der Waals surface area contributed by atoms with E-state index < -0.39 is 5.63 Å². The summed E-state index contributed by atoms with van der Waals surface area (Å²) in [4.78, 5) is 29.3. The first-order valence-electron chi connectivity index (χ1n) is 10.0. The molecule has 6 nitrogen and oxygen atoms in total. The van der Waals surface area contributed by atoms with Gasteiger partial charge in [-0.2, -0.15) is 0 Å². The molecule has 0 spiro atoms. The van der Waals surface area contributed by atoms with Gasteiger partial charge in [-0.15, -0.1) is 0 Å². The number of hydrogen-bond acceptors (Lipinski definition) is 5. The summed E-state index contributed by atoms with van der Waals surface area (Å²) in [6.07, 6.45) is 0. The van der Waals surface area contributed by atoms with Gasteiger partial charge in [0.2, 0.25) is 0 Å². The van der Waals surface area contributed by atoms with Gasteiger partial charge >= 0.3 is 5.63 Å². The first-order valence-corrected chi connectivity index (χ1v) is 10.4. The minimum atomic E-state index is -0.545. The Morgan fingerprint density at radius 2 is 1.87 bits per heavy atom. The molecule has 1 aromatic heterocycles. The topological polar surface area (TPSA) is 63.0 Å². The lowest BCUT2D eigenvalue weighted by atomic mass is 10.1. The van der Waals surface area contributed by atoms with E-state index in [4.69, 9.17) is 20.8 Å². The molecule has 0 aliphatic carbocycles. The fraction of sp³-hybridized carbons (Fsp3) is 0.304. The minimum absolute atomic E-state index is 0.158. The normalized spacial score (nSPS) is 14.8. The third-order valence-corrected chi connectivity index (χ3v) is 5.64. The third kappa shape index (κ3) is 4.35. The van der Waals surface area contributed by atoms with Gasteiger partial charge in [-0.05, 0) is 30.7 Å². The molecule has 1 amide bonds. The van der Waals surface area contributed by atoms with Gasteiger partial charge in [0.1, 0.15) is 11.3 Å². The molecule has 0 bridgehead atoms. The maximum absolute atomic E-state index is 13.2. The highest BCUT2D eigenvalue weighted by Crippen LogP contribution is 2.24. The van der Waals surface area contributed by atoms with Crippen LogP contribution in [0.15, 0.2) is 57.7 Å². The highest BCUT2D eigenvalue weighted by molar-refractivity contribution is 6.31. The maximum atomic E-state index is 13.2. The molecule has 3 aromatic rings. The van der Waals surface area contributed by atoms with E-state index in [9.17, 15) is 9.59 Å². The van der Waals surface area contributed by atoms with Crippen molar-refractivity contribution < 1.29 is 13.9 Å². The molecule has 1 saturated heterocycles. The number of amides is 1. The summed E-state index contributed by atoms with van der Waals surface area (Å²) in [6, 6.07) is 14.3. The van der Waals surface area contributed by atoms with E-state index in [0.29, 0.717) is 42.0 Å². The number of halogens is 1. The number of rotatable bonds is 5. The first-order chi connectivity index (χ1) is 14.5. The van der Waals surface area contributed by atoms with Crippen molar-refractivity contribution >= 4 is 28.5 Å². The Morgan fingerprint density at radius 3 is 2.60 bits per heavy atom. The number of ether oxygens (including phenoxy) is 1. The highest BCUT2D eigenvalue weighted by atomic mass is 35.5. The van der Waals surface area contributed by atoms with Crippen LogP contribution in [0.3, 0.4) is 0 Å². The predicted molar refractivity (Wildman–Crippen MR) is 116 cm³/mol. The van der Waals surface area contributed by atoms with Crippen molar-refractivity contribution in [2.24, 2.45) is 0 Å². The van der Waals surface area contributed by atoms with Gasteiger partial charge < -0.3 is 14.1 Å². The van der Waals surface area contributed by atoms with Crippen LogP contribution in [-0.4, -0.2) is 48.5 Å². The van der Waals surface area contributed by atoms with Crippen LogP contribution >= 0.6 is 11.6 Å². The molecule has 2 heterocycles. The molecule has 0 unspecified atom stereocenters. The standard InChI is InChI=1S/C23H23ClN2O4/c1-2-29-17-7-8-18-19(14-22(27)30-21(18)13-17)23(28)26-11-9-25(10-12-26)15-16-5-3-4-6-20(16)24/h3-8,13-14H,2,9-12,15H2,1H3. The Morgan fingerprint density at radius 1 is 1.10 bits per heavy atom. The van der Waals surface area contributed by atoms with Gasteiger partial charge in [0.25, 0.3) is 5.91 Å². The van der Waals surface area contributed by atoms with Crippen LogP contribution in [0.2, 0.25) is 5.02 Å². The Balaban J connectivity index is 1.49. The van der Waals surface area contributed by atoms with E-state index >= 15 is 0 Å². The minimum Gasteiger partial charge on any atom is -0.494 e. The summed E-state index contributed by atoms with van der Waals surface area (Å²) < 4.78 is 10.8. The summed E-state index contributed by atoms with van der Waals surface area (Å²) in [5.74, 6) is 0.445. The molecule has 156 valence electrons. The summed E-state index contributed by atoms with van der Waals surface area (Å²) >= 11 is 6.27. The van der Waals surface area contributed by atoms with Crippen molar-refractivity contribution in [2.75, 3.05) is 32.8 Å². The van der Waals surface area contributed by atoms with E-state index in [0.717, 1.165) is 30.2 Å². The van der Waals surface area contributed by atoms with Crippen LogP contribution < -0.4 is 10.4 Å². The van der Waals surface area contributed by atoms with E-state index in [2.05, 4.69) is 4.90 Å². The molecule has 1 fully saturated rings. The lowest BCUT2D eigenvalue weighted by Crippen LogP contribution is -2.48. The van der Waals surface area contributed by atoms with Crippen LogP contribution in [0.25, 0.3) is 11.0 Å². The molecule has 1 aliphatic heterocycles. The number of piperazine rings is 1. The van der Waals surface area contributed by atoms with Crippen molar-refractivity contribution in [1.29, 1.82) is 0 Å². The summed E-state index contributed by atoms with van der Waals surface area (Å²) in [7, 11) is 0. The smallest absolute Gasteiger partial charge is 0.337 e. The molecule has 4 rings (SSSR count). The van der Waals surface area contributed by atoms with Crippen LogP contribution in [0, 0.1) is 0 Å². The monoisotopic (exact) mass is 426 g/mol. The molecule has 2 aromatic carbocycles. The van der Waals surface area contributed by atoms with Crippen molar-refractivity contribution in [3.05, 3.63) is 75.1 Å². The zero-order chi connectivity index (χ0) is 21.1. The van der Waals surface area contributed by atoms with E-state index in [1.54, 1.807) is 23.1 Å².